The lowest BCUT2D eigenvalue weighted by atomic mass is 9.89. The molecule has 2 atom stereocenters. The van der Waals surface area contributed by atoms with Crippen molar-refractivity contribution in [3.63, 3.8) is 0 Å². The van der Waals surface area contributed by atoms with Crippen LogP contribution in [0.2, 0.25) is 0 Å². The number of amides is 1. The van der Waals surface area contributed by atoms with Crippen molar-refractivity contribution in [3.05, 3.63) is 87.1 Å². The van der Waals surface area contributed by atoms with E-state index < -0.39 is 58.4 Å². The number of hydrogen-bond acceptors (Lipinski definition) is 4. The highest BCUT2D eigenvalue weighted by atomic mass is 19.3. The fourth-order valence-corrected chi connectivity index (χ4v) is 4.41. The molecule has 9 heteroatoms. The molecule has 0 saturated heterocycles. The lowest BCUT2D eigenvalue weighted by Gasteiger charge is -2.34. The molecule has 1 aliphatic carbocycles. The number of carbonyl (C=O) groups excluding carboxylic acids is 1. The van der Waals surface area contributed by atoms with Gasteiger partial charge in [-0.15, -0.1) is 0 Å². The van der Waals surface area contributed by atoms with E-state index in [0.717, 1.165) is 18.2 Å². The molecule has 0 heterocycles. The van der Waals surface area contributed by atoms with Crippen LogP contribution in [0.15, 0.2) is 53.3 Å². The smallest absolute Gasteiger partial charge is 0.275 e. The van der Waals surface area contributed by atoms with Crippen LogP contribution in [0.3, 0.4) is 0 Å². The lowest BCUT2D eigenvalue weighted by molar-refractivity contribution is -0.141. The minimum atomic E-state index is -3.38. The van der Waals surface area contributed by atoms with E-state index in [2.05, 4.69) is 5.32 Å². The molecule has 0 bridgehead atoms. The van der Waals surface area contributed by atoms with Crippen LogP contribution in [-0.4, -0.2) is 36.2 Å². The molecule has 5 nitrogen and oxygen atoms in total. The number of aliphatic hydroxyl groups excluding tert-OH is 1. The van der Waals surface area contributed by atoms with Crippen molar-refractivity contribution in [2.24, 2.45) is 0 Å². The Balaban J connectivity index is 1.79. The summed E-state index contributed by atoms with van der Waals surface area (Å²) < 4.78 is 62.6. The Bertz CT molecular complexity index is 1330. The summed E-state index contributed by atoms with van der Waals surface area (Å²) in [6.45, 7) is 0. The minimum absolute atomic E-state index is 0.0661. The average molecular weight is 489 g/mol. The first-order valence-electron chi connectivity index (χ1n) is 11.1. The molecular formula is C26H23F4NO4. The molecule has 0 spiro atoms. The standard InChI is InChI=1S/C26H23F4NO4/c1-35-16-7-4-14(5-8-16)13-15-6-9-17(23(32)22-19(28)11-10-18(27)21(15)22)25(34)31-20-3-2-12-26(29,30)24(20)33/h4-11,20,24,33H,2-3,12-13H2,1H3,(H,31,34)/t20-,24+/m1/s1. The number of ether oxygens (including phenoxy) is 1. The fourth-order valence-electron chi connectivity index (χ4n) is 4.41. The van der Waals surface area contributed by atoms with Crippen LogP contribution in [0.1, 0.15) is 40.7 Å². The van der Waals surface area contributed by atoms with Gasteiger partial charge >= 0.3 is 0 Å². The lowest BCUT2D eigenvalue weighted by Crippen LogP contribution is -2.54. The van der Waals surface area contributed by atoms with Crippen molar-refractivity contribution in [1.82, 2.24) is 5.32 Å². The maximum atomic E-state index is 14.9. The topological polar surface area (TPSA) is 75.6 Å². The Hall–Kier alpha value is -3.46. The summed E-state index contributed by atoms with van der Waals surface area (Å²) in [7, 11) is 1.51. The zero-order chi connectivity index (χ0) is 25.3. The van der Waals surface area contributed by atoms with E-state index >= 15 is 0 Å². The molecule has 3 aromatic rings. The molecule has 1 fully saturated rings. The number of aliphatic hydroxyl groups is 1. The maximum Gasteiger partial charge on any atom is 0.275 e. The van der Waals surface area contributed by atoms with Crippen molar-refractivity contribution < 1.29 is 32.2 Å². The molecule has 0 aromatic heterocycles. The van der Waals surface area contributed by atoms with Gasteiger partial charge in [0.1, 0.15) is 23.5 Å². The second kappa shape index (κ2) is 9.65. The third-order valence-electron chi connectivity index (χ3n) is 6.30. The Morgan fingerprint density at radius 1 is 1.06 bits per heavy atom. The predicted molar refractivity (Wildman–Crippen MR) is 122 cm³/mol. The third-order valence-corrected chi connectivity index (χ3v) is 6.30. The van der Waals surface area contributed by atoms with Gasteiger partial charge in [-0.05, 0) is 60.7 Å². The summed E-state index contributed by atoms with van der Waals surface area (Å²) in [6, 6.07) is 9.72. The number of hydrogen-bond donors (Lipinski definition) is 2. The maximum absolute atomic E-state index is 14.9. The second-order valence-electron chi connectivity index (χ2n) is 8.58. The van der Waals surface area contributed by atoms with Crippen molar-refractivity contribution >= 4 is 16.7 Å². The molecule has 184 valence electrons. The Morgan fingerprint density at radius 2 is 1.71 bits per heavy atom. The molecule has 3 aromatic carbocycles. The minimum Gasteiger partial charge on any atom is -0.497 e. The van der Waals surface area contributed by atoms with Gasteiger partial charge in [0.2, 0.25) is 5.43 Å². The number of benzene rings is 2. The molecule has 1 amide bonds. The highest BCUT2D eigenvalue weighted by Gasteiger charge is 2.46. The molecule has 4 rings (SSSR count). The molecule has 0 radical (unpaired) electrons. The van der Waals surface area contributed by atoms with Gasteiger partial charge in [-0.25, -0.2) is 17.6 Å². The van der Waals surface area contributed by atoms with Crippen LogP contribution in [0.4, 0.5) is 17.6 Å². The largest absolute Gasteiger partial charge is 0.497 e. The first-order valence-corrected chi connectivity index (χ1v) is 11.1. The van der Waals surface area contributed by atoms with E-state index in [-0.39, 0.29) is 30.2 Å². The van der Waals surface area contributed by atoms with E-state index in [4.69, 9.17) is 4.74 Å². The van der Waals surface area contributed by atoms with Crippen LogP contribution in [0, 0.1) is 11.6 Å². The van der Waals surface area contributed by atoms with Gasteiger partial charge in [-0.3, -0.25) is 9.59 Å². The summed E-state index contributed by atoms with van der Waals surface area (Å²) in [5.41, 5.74) is -0.648. The molecule has 1 aliphatic rings. The van der Waals surface area contributed by atoms with E-state index in [9.17, 15) is 32.3 Å². The van der Waals surface area contributed by atoms with Gasteiger partial charge in [-0.2, -0.15) is 0 Å². The summed E-state index contributed by atoms with van der Waals surface area (Å²) in [4.78, 5) is 26.1. The van der Waals surface area contributed by atoms with Gasteiger partial charge in [0.05, 0.1) is 24.1 Å². The van der Waals surface area contributed by atoms with Crippen LogP contribution in [-0.2, 0) is 6.42 Å². The van der Waals surface area contributed by atoms with Crippen molar-refractivity contribution in [2.45, 2.75) is 43.8 Å². The van der Waals surface area contributed by atoms with Crippen molar-refractivity contribution in [1.29, 1.82) is 0 Å². The molecule has 0 unspecified atom stereocenters. The first kappa shape index (κ1) is 24.7. The fraction of sp³-hybridized carbons (Fsp3) is 0.308. The van der Waals surface area contributed by atoms with Gasteiger partial charge < -0.3 is 15.2 Å². The monoisotopic (exact) mass is 489 g/mol. The predicted octanol–water partition coefficient (Wildman–Crippen LogP) is 4.36. The highest BCUT2D eigenvalue weighted by molar-refractivity contribution is 5.98. The number of carbonyl (C=O) groups is 1. The number of alkyl halides is 2. The number of rotatable bonds is 5. The Labute approximate surface area is 198 Å². The first-order chi connectivity index (χ1) is 16.6. The van der Waals surface area contributed by atoms with Crippen LogP contribution in [0.5, 0.6) is 5.75 Å². The summed E-state index contributed by atoms with van der Waals surface area (Å²) in [5, 5.41) is 11.3. The van der Waals surface area contributed by atoms with Crippen LogP contribution < -0.4 is 15.5 Å². The number of halogens is 4. The molecular weight excluding hydrogens is 466 g/mol. The zero-order valence-corrected chi connectivity index (χ0v) is 18.8. The van der Waals surface area contributed by atoms with E-state index in [1.54, 1.807) is 24.3 Å². The Kier molecular flexibility index (Phi) is 6.80. The third kappa shape index (κ3) is 4.86. The highest BCUT2D eigenvalue weighted by Crippen LogP contribution is 2.34. The number of fused-ring (bicyclic) bond motifs is 1. The van der Waals surface area contributed by atoms with E-state index in [0.29, 0.717) is 11.3 Å². The molecule has 1 saturated carbocycles. The number of nitrogens with one attached hydrogen (secondary N) is 1. The Morgan fingerprint density at radius 3 is 2.37 bits per heavy atom. The normalized spacial score (nSPS) is 19.4. The van der Waals surface area contributed by atoms with Gasteiger partial charge in [0, 0.05) is 11.8 Å². The van der Waals surface area contributed by atoms with Gasteiger partial charge in [-0.1, -0.05) is 18.2 Å². The summed E-state index contributed by atoms with van der Waals surface area (Å²) >= 11 is 0. The SMILES string of the molecule is COc1ccc(Cc2ccc(C(=O)N[C@@H]3CCCC(F)(F)[C@H]3O)c(=O)c3c(F)ccc(F)c23)cc1. The zero-order valence-electron chi connectivity index (χ0n) is 18.8. The molecule has 35 heavy (non-hydrogen) atoms. The van der Waals surface area contributed by atoms with Gasteiger partial charge in [0.15, 0.2) is 0 Å². The molecule has 0 aliphatic heterocycles. The summed E-state index contributed by atoms with van der Waals surface area (Å²) in [5.74, 6) is -5.69. The van der Waals surface area contributed by atoms with Gasteiger partial charge in [0.25, 0.3) is 11.8 Å². The van der Waals surface area contributed by atoms with Crippen LogP contribution in [0.25, 0.3) is 10.8 Å². The number of methoxy groups -OCH3 is 1. The quantitative estimate of drug-likeness (QED) is 0.523. The molecule has 2 N–H and O–H groups in total. The van der Waals surface area contributed by atoms with E-state index in [1.165, 1.54) is 13.2 Å². The average Bonchev–Trinajstić information content (AvgIpc) is 2.97. The second-order valence-corrected chi connectivity index (χ2v) is 8.58. The summed E-state index contributed by atoms with van der Waals surface area (Å²) in [6.07, 6.45) is -2.37. The van der Waals surface area contributed by atoms with Crippen molar-refractivity contribution in [2.75, 3.05) is 7.11 Å². The van der Waals surface area contributed by atoms with Crippen LogP contribution >= 0.6 is 0 Å². The van der Waals surface area contributed by atoms with Crippen molar-refractivity contribution in [3.8, 4) is 5.75 Å². The van der Waals surface area contributed by atoms with E-state index in [1.807, 2.05) is 0 Å².